The van der Waals surface area contributed by atoms with Crippen LogP contribution in [0.3, 0.4) is 0 Å². The van der Waals surface area contributed by atoms with Crippen LogP contribution in [0.2, 0.25) is 0 Å². The maximum Gasteiger partial charge on any atom is 0.250 e. The maximum atomic E-state index is 12.4. The molecule has 1 aromatic carbocycles. The van der Waals surface area contributed by atoms with Crippen molar-refractivity contribution in [1.82, 2.24) is 4.72 Å². The van der Waals surface area contributed by atoms with E-state index < -0.39 is 10.0 Å². The lowest BCUT2D eigenvalue weighted by Crippen LogP contribution is -2.25. The van der Waals surface area contributed by atoms with Crippen molar-refractivity contribution in [3.8, 4) is 17.2 Å². The Hall–Kier alpha value is -1.77. The molecule has 6 nitrogen and oxygen atoms in total. The quantitative estimate of drug-likeness (QED) is 0.718. The summed E-state index contributed by atoms with van der Waals surface area (Å²) in [5.74, 6) is 1.75. The second-order valence-electron chi connectivity index (χ2n) is 5.24. The summed E-state index contributed by atoms with van der Waals surface area (Å²) in [6.07, 6.45) is 1.27. The summed E-state index contributed by atoms with van der Waals surface area (Å²) in [5.41, 5.74) is 0.807. The van der Waals surface area contributed by atoms with Gasteiger partial charge in [-0.3, -0.25) is 0 Å². The van der Waals surface area contributed by atoms with Gasteiger partial charge in [-0.25, -0.2) is 13.1 Å². The molecule has 0 aliphatic carbocycles. The molecule has 25 heavy (non-hydrogen) atoms. The molecule has 0 radical (unpaired) electrons. The van der Waals surface area contributed by atoms with Gasteiger partial charge < -0.3 is 14.2 Å². The number of ether oxygens (including phenoxy) is 3. The fourth-order valence-electron chi connectivity index (χ4n) is 2.40. The minimum absolute atomic E-state index is 0.244. The molecule has 0 unspecified atom stereocenters. The Morgan fingerprint density at radius 3 is 2.40 bits per heavy atom. The predicted octanol–water partition coefficient (Wildman–Crippen LogP) is 2.86. The third-order valence-corrected chi connectivity index (χ3v) is 6.88. The van der Waals surface area contributed by atoms with Crippen molar-refractivity contribution in [2.75, 3.05) is 27.9 Å². The van der Waals surface area contributed by atoms with E-state index in [1.807, 2.05) is 19.1 Å². The van der Waals surface area contributed by atoms with Crippen molar-refractivity contribution < 1.29 is 22.6 Å². The molecular formula is C17H23NO5S2. The third kappa shape index (κ3) is 4.65. The molecule has 0 atom stereocenters. The molecule has 0 spiro atoms. The molecule has 1 heterocycles. The number of hydrogen-bond donors (Lipinski definition) is 1. The number of rotatable bonds is 9. The summed E-state index contributed by atoms with van der Waals surface area (Å²) in [4.78, 5) is 1.04. The molecule has 2 aromatic rings. The highest BCUT2D eigenvalue weighted by Crippen LogP contribution is 2.35. The Morgan fingerprint density at radius 1 is 1.08 bits per heavy atom. The molecule has 0 bridgehead atoms. The Morgan fingerprint density at radius 2 is 1.84 bits per heavy atom. The summed E-state index contributed by atoms with van der Waals surface area (Å²) in [6.45, 7) is 2.24. The van der Waals surface area contributed by atoms with Crippen LogP contribution in [0.4, 0.5) is 0 Å². The average molecular weight is 386 g/mol. The van der Waals surface area contributed by atoms with Crippen molar-refractivity contribution in [3.63, 3.8) is 0 Å². The SMILES string of the molecule is CCc1ccc(S(=O)(=O)NCCc2cc(OC)cc(OC)c2OC)s1. The molecule has 0 saturated heterocycles. The second-order valence-corrected chi connectivity index (χ2v) is 8.41. The Balaban J connectivity index is 2.13. The van der Waals surface area contributed by atoms with E-state index in [-0.39, 0.29) is 6.54 Å². The first-order valence-corrected chi connectivity index (χ1v) is 10.1. The van der Waals surface area contributed by atoms with Crippen molar-refractivity contribution in [2.45, 2.75) is 24.0 Å². The van der Waals surface area contributed by atoms with Crippen LogP contribution in [0.5, 0.6) is 17.2 Å². The molecule has 8 heteroatoms. The smallest absolute Gasteiger partial charge is 0.250 e. The number of aryl methyl sites for hydroxylation is 1. The van der Waals surface area contributed by atoms with Gasteiger partial charge >= 0.3 is 0 Å². The van der Waals surface area contributed by atoms with Gasteiger partial charge in [0.2, 0.25) is 10.0 Å². The number of thiophene rings is 1. The molecule has 2 rings (SSSR count). The standard InChI is InChI=1S/C17H23NO5S2/c1-5-14-6-7-16(24-14)25(19,20)18-9-8-12-10-13(21-2)11-15(22-3)17(12)23-4/h6-7,10-11,18H,5,8-9H2,1-4H3. The van der Waals surface area contributed by atoms with E-state index in [1.165, 1.54) is 11.3 Å². The first-order valence-electron chi connectivity index (χ1n) is 7.82. The van der Waals surface area contributed by atoms with Gasteiger partial charge in [-0.05, 0) is 31.0 Å². The van der Waals surface area contributed by atoms with Gasteiger partial charge in [-0.1, -0.05) is 6.92 Å². The van der Waals surface area contributed by atoms with Gasteiger partial charge in [0.25, 0.3) is 0 Å². The molecule has 0 saturated carbocycles. The van der Waals surface area contributed by atoms with E-state index in [1.54, 1.807) is 33.5 Å². The van der Waals surface area contributed by atoms with Gasteiger partial charge in [-0.2, -0.15) is 0 Å². The van der Waals surface area contributed by atoms with E-state index in [0.29, 0.717) is 27.9 Å². The minimum atomic E-state index is -3.51. The number of methoxy groups -OCH3 is 3. The fraction of sp³-hybridized carbons (Fsp3) is 0.412. The number of benzene rings is 1. The summed E-state index contributed by atoms with van der Waals surface area (Å²) < 4.78 is 43.7. The summed E-state index contributed by atoms with van der Waals surface area (Å²) >= 11 is 1.29. The van der Waals surface area contributed by atoms with Crippen molar-refractivity contribution >= 4 is 21.4 Å². The lowest BCUT2D eigenvalue weighted by Gasteiger charge is -2.15. The highest BCUT2D eigenvalue weighted by atomic mass is 32.2. The van der Waals surface area contributed by atoms with Crippen molar-refractivity contribution in [2.24, 2.45) is 0 Å². The second kappa shape index (κ2) is 8.55. The average Bonchev–Trinajstić information content (AvgIpc) is 3.10. The predicted molar refractivity (Wildman–Crippen MR) is 98.7 cm³/mol. The van der Waals surface area contributed by atoms with Crippen LogP contribution in [0.25, 0.3) is 0 Å². The van der Waals surface area contributed by atoms with Gasteiger partial charge in [0.15, 0.2) is 11.5 Å². The van der Waals surface area contributed by atoms with Gasteiger partial charge in [0, 0.05) is 23.1 Å². The lowest BCUT2D eigenvalue weighted by molar-refractivity contribution is 0.345. The summed E-state index contributed by atoms with van der Waals surface area (Å²) in [6, 6.07) is 7.02. The normalized spacial score (nSPS) is 11.4. The Bertz CT molecular complexity index is 814. The van der Waals surface area contributed by atoms with E-state index >= 15 is 0 Å². The molecule has 0 aliphatic heterocycles. The zero-order chi connectivity index (χ0) is 18.4. The van der Waals surface area contributed by atoms with Gasteiger partial charge in [0.05, 0.1) is 21.3 Å². The van der Waals surface area contributed by atoms with Gasteiger partial charge in [-0.15, -0.1) is 11.3 Å². The highest BCUT2D eigenvalue weighted by Gasteiger charge is 2.18. The third-order valence-electron chi connectivity index (χ3n) is 3.70. The largest absolute Gasteiger partial charge is 0.497 e. The topological polar surface area (TPSA) is 73.9 Å². The van der Waals surface area contributed by atoms with Crippen LogP contribution in [0.15, 0.2) is 28.5 Å². The monoisotopic (exact) mass is 385 g/mol. The van der Waals surface area contributed by atoms with Crippen LogP contribution in [0.1, 0.15) is 17.4 Å². The van der Waals surface area contributed by atoms with Crippen LogP contribution in [-0.2, 0) is 22.9 Å². The maximum absolute atomic E-state index is 12.4. The van der Waals surface area contributed by atoms with Crippen molar-refractivity contribution in [1.29, 1.82) is 0 Å². The van der Waals surface area contributed by atoms with Gasteiger partial charge in [0.1, 0.15) is 9.96 Å². The molecule has 0 amide bonds. The highest BCUT2D eigenvalue weighted by molar-refractivity contribution is 7.91. The van der Waals surface area contributed by atoms with E-state index in [4.69, 9.17) is 14.2 Å². The number of sulfonamides is 1. The first-order chi connectivity index (χ1) is 11.9. The molecule has 0 aliphatic rings. The van der Waals surface area contributed by atoms with Crippen LogP contribution >= 0.6 is 11.3 Å². The zero-order valence-corrected chi connectivity index (χ0v) is 16.4. The molecule has 1 N–H and O–H groups in total. The molecular weight excluding hydrogens is 362 g/mol. The molecule has 138 valence electrons. The summed E-state index contributed by atoms with van der Waals surface area (Å²) in [5, 5.41) is 0. The van der Waals surface area contributed by atoms with Crippen LogP contribution in [0, 0.1) is 0 Å². The van der Waals surface area contributed by atoms with Crippen LogP contribution in [-0.4, -0.2) is 36.3 Å². The lowest BCUT2D eigenvalue weighted by atomic mass is 10.1. The van der Waals surface area contributed by atoms with E-state index in [0.717, 1.165) is 16.9 Å². The molecule has 0 fully saturated rings. The number of hydrogen-bond acceptors (Lipinski definition) is 6. The first kappa shape index (κ1) is 19.6. The van der Waals surface area contributed by atoms with Crippen molar-refractivity contribution in [3.05, 3.63) is 34.7 Å². The van der Waals surface area contributed by atoms with Crippen LogP contribution < -0.4 is 18.9 Å². The van der Waals surface area contributed by atoms with E-state index in [2.05, 4.69) is 4.72 Å². The summed E-state index contributed by atoms with van der Waals surface area (Å²) in [7, 11) is 1.16. The number of nitrogens with one attached hydrogen (secondary N) is 1. The van der Waals surface area contributed by atoms with E-state index in [9.17, 15) is 8.42 Å². The Kier molecular flexibility index (Phi) is 6.69. The molecule has 1 aromatic heterocycles. The Labute approximate surface area is 152 Å². The minimum Gasteiger partial charge on any atom is -0.497 e. The fourth-order valence-corrected chi connectivity index (χ4v) is 4.77. The zero-order valence-electron chi connectivity index (χ0n) is 14.8.